The fourth-order valence-corrected chi connectivity index (χ4v) is 1.66. The van der Waals surface area contributed by atoms with Crippen LogP contribution in [0.3, 0.4) is 0 Å². The predicted molar refractivity (Wildman–Crippen MR) is 76.3 cm³/mol. The van der Waals surface area contributed by atoms with Crippen molar-refractivity contribution >= 4 is 17.1 Å². The standard InChI is InChI=1S/C15H18N2O/c1-11(2)18-13-9-7-12(8-10-13)17-15-6-4-3-5-14(15)16/h3-11,17H,16H2,1-2H3. The average Bonchev–Trinajstić information content (AvgIpc) is 2.34. The average molecular weight is 242 g/mol. The topological polar surface area (TPSA) is 47.3 Å². The van der Waals surface area contributed by atoms with Gasteiger partial charge in [-0.25, -0.2) is 0 Å². The molecule has 3 heteroatoms. The van der Waals surface area contributed by atoms with Crippen molar-refractivity contribution in [3.63, 3.8) is 0 Å². The molecule has 0 saturated heterocycles. The molecule has 0 spiro atoms. The Bertz CT molecular complexity index is 506. The van der Waals surface area contributed by atoms with Crippen molar-refractivity contribution in [3.05, 3.63) is 48.5 Å². The fraction of sp³-hybridized carbons (Fsp3) is 0.200. The summed E-state index contributed by atoms with van der Waals surface area (Å²) in [6.07, 6.45) is 0.188. The highest BCUT2D eigenvalue weighted by atomic mass is 16.5. The molecular formula is C15H18N2O. The van der Waals surface area contributed by atoms with Gasteiger partial charge in [-0.3, -0.25) is 0 Å². The largest absolute Gasteiger partial charge is 0.491 e. The van der Waals surface area contributed by atoms with Crippen molar-refractivity contribution in [3.8, 4) is 5.75 Å². The summed E-state index contributed by atoms with van der Waals surface area (Å²) in [7, 11) is 0. The van der Waals surface area contributed by atoms with E-state index in [4.69, 9.17) is 10.5 Å². The van der Waals surface area contributed by atoms with Crippen LogP contribution in [0, 0.1) is 0 Å². The van der Waals surface area contributed by atoms with Gasteiger partial charge in [-0.2, -0.15) is 0 Å². The van der Waals surface area contributed by atoms with Gasteiger partial charge in [-0.15, -0.1) is 0 Å². The lowest BCUT2D eigenvalue weighted by Gasteiger charge is -2.12. The van der Waals surface area contributed by atoms with Crippen LogP contribution in [0.15, 0.2) is 48.5 Å². The smallest absolute Gasteiger partial charge is 0.119 e. The first kappa shape index (κ1) is 12.3. The normalized spacial score (nSPS) is 10.4. The Morgan fingerprint density at radius 2 is 1.67 bits per heavy atom. The Balaban J connectivity index is 2.09. The summed E-state index contributed by atoms with van der Waals surface area (Å²) in [6, 6.07) is 15.5. The van der Waals surface area contributed by atoms with Crippen LogP contribution in [-0.2, 0) is 0 Å². The molecule has 94 valence electrons. The predicted octanol–water partition coefficient (Wildman–Crippen LogP) is 3.80. The molecule has 2 rings (SSSR count). The molecule has 0 bridgehead atoms. The van der Waals surface area contributed by atoms with Gasteiger partial charge in [0.25, 0.3) is 0 Å². The molecule has 0 amide bonds. The number of hydrogen-bond donors (Lipinski definition) is 2. The van der Waals surface area contributed by atoms with Gasteiger partial charge in [0.2, 0.25) is 0 Å². The molecular weight excluding hydrogens is 224 g/mol. The maximum Gasteiger partial charge on any atom is 0.119 e. The van der Waals surface area contributed by atoms with Crippen molar-refractivity contribution < 1.29 is 4.74 Å². The number of rotatable bonds is 4. The van der Waals surface area contributed by atoms with E-state index in [0.717, 1.165) is 22.8 Å². The molecule has 0 saturated carbocycles. The summed E-state index contributed by atoms with van der Waals surface area (Å²) in [5.74, 6) is 0.872. The van der Waals surface area contributed by atoms with Crippen LogP contribution in [0.4, 0.5) is 17.1 Å². The van der Waals surface area contributed by atoms with E-state index in [-0.39, 0.29) is 6.10 Å². The van der Waals surface area contributed by atoms with Gasteiger partial charge in [0.1, 0.15) is 5.75 Å². The van der Waals surface area contributed by atoms with Crippen LogP contribution in [-0.4, -0.2) is 6.10 Å². The summed E-state index contributed by atoms with van der Waals surface area (Å²) < 4.78 is 5.59. The molecule has 3 N–H and O–H groups in total. The molecule has 0 heterocycles. The third-order valence-corrected chi connectivity index (χ3v) is 2.47. The SMILES string of the molecule is CC(C)Oc1ccc(Nc2ccccc2N)cc1. The van der Waals surface area contributed by atoms with Gasteiger partial charge in [-0.05, 0) is 50.2 Å². The number of anilines is 3. The van der Waals surface area contributed by atoms with Gasteiger partial charge in [-0.1, -0.05) is 12.1 Å². The number of para-hydroxylation sites is 2. The van der Waals surface area contributed by atoms with Gasteiger partial charge in [0.15, 0.2) is 0 Å². The number of hydrogen-bond acceptors (Lipinski definition) is 3. The zero-order chi connectivity index (χ0) is 13.0. The Morgan fingerprint density at radius 3 is 2.28 bits per heavy atom. The lowest BCUT2D eigenvalue weighted by atomic mass is 10.2. The van der Waals surface area contributed by atoms with Crippen molar-refractivity contribution in [1.82, 2.24) is 0 Å². The van der Waals surface area contributed by atoms with E-state index >= 15 is 0 Å². The lowest BCUT2D eigenvalue weighted by Crippen LogP contribution is -2.05. The van der Waals surface area contributed by atoms with E-state index < -0.39 is 0 Å². The first-order valence-corrected chi connectivity index (χ1v) is 6.03. The maximum atomic E-state index is 5.88. The zero-order valence-corrected chi connectivity index (χ0v) is 10.7. The Kier molecular flexibility index (Phi) is 3.72. The van der Waals surface area contributed by atoms with Crippen LogP contribution >= 0.6 is 0 Å². The van der Waals surface area contributed by atoms with E-state index in [9.17, 15) is 0 Å². The first-order chi connectivity index (χ1) is 8.65. The summed E-state index contributed by atoms with van der Waals surface area (Å²) in [5.41, 5.74) is 8.51. The number of nitrogens with one attached hydrogen (secondary N) is 1. The highest BCUT2D eigenvalue weighted by Crippen LogP contribution is 2.24. The quantitative estimate of drug-likeness (QED) is 0.802. The third kappa shape index (κ3) is 3.17. The van der Waals surface area contributed by atoms with E-state index in [0.29, 0.717) is 0 Å². The summed E-state index contributed by atoms with van der Waals surface area (Å²) in [4.78, 5) is 0. The van der Waals surface area contributed by atoms with Crippen LogP contribution in [0.25, 0.3) is 0 Å². The highest BCUT2D eigenvalue weighted by molar-refractivity contribution is 5.72. The third-order valence-electron chi connectivity index (χ3n) is 2.47. The monoisotopic (exact) mass is 242 g/mol. The number of nitrogen functional groups attached to an aromatic ring is 1. The molecule has 3 nitrogen and oxygen atoms in total. The highest BCUT2D eigenvalue weighted by Gasteiger charge is 2.00. The van der Waals surface area contributed by atoms with Crippen molar-refractivity contribution in [2.75, 3.05) is 11.1 Å². The van der Waals surface area contributed by atoms with Crippen molar-refractivity contribution in [2.45, 2.75) is 20.0 Å². The number of ether oxygens (including phenoxy) is 1. The second kappa shape index (κ2) is 5.45. The molecule has 0 unspecified atom stereocenters. The van der Waals surface area contributed by atoms with E-state index in [1.54, 1.807) is 0 Å². The number of nitrogens with two attached hydrogens (primary N) is 1. The van der Waals surface area contributed by atoms with Crippen LogP contribution in [0.1, 0.15) is 13.8 Å². The van der Waals surface area contributed by atoms with Crippen molar-refractivity contribution in [1.29, 1.82) is 0 Å². The van der Waals surface area contributed by atoms with Crippen LogP contribution in [0.2, 0.25) is 0 Å². The number of benzene rings is 2. The maximum absolute atomic E-state index is 5.88. The van der Waals surface area contributed by atoms with Gasteiger partial charge in [0.05, 0.1) is 17.5 Å². The van der Waals surface area contributed by atoms with Gasteiger partial charge >= 0.3 is 0 Å². The van der Waals surface area contributed by atoms with E-state index in [1.165, 1.54) is 0 Å². The molecule has 0 aliphatic heterocycles. The summed E-state index contributed by atoms with van der Waals surface area (Å²) in [6.45, 7) is 4.02. The van der Waals surface area contributed by atoms with E-state index in [2.05, 4.69) is 5.32 Å². The second-order valence-corrected chi connectivity index (χ2v) is 4.40. The minimum Gasteiger partial charge on any atom is -0.491 e. The minimum atomic E-state index is 0.188. The molecule has 2 aromatic rings. The Labute approximate surface area is 108 Å². The van der Waals surface area contributed by atoms with Gasteiger partial charge < -0.3 is 15.8 Å². The first-order valence-electron chi connectivity index (χ1n) is 6.03. The molecule has 0 atom stereocenters. The lowest BCUT2D eigenvalue weighted by molar-refractivity contribution is 0.242. The molecule has 0 radical (unpaired) electrons. The molecule has 18 heavy (non-hydrogen) atoms. The Morgan fingerprint density at radius 1 is 1.00 bits per heavy atom. The van der Waals surface area contributed by atoms with Crippen LogP contribution < -0.4 is 15.8 Å². The molecule has 0 aliphatic carbocycles. The Hall–Kier alpha value is -2.16. The minimum absolute atomic E-state index is 0.188. The fourth-order valence-electron chi connectivity index (χ4n) is 1.66. The van der Waals surface area contributed by atoms with Gasteiger partial charge in [0, 0.05) is 5.69 Å². The van der Waals surface area contributed by atoms with Crippen LogP contribution in [0.5, 0.6) is 5.75 Å². The molecule has 2 aromatic carbocycles. The van der Waals surface area contributed by atoms with Crippen molar-refractivity contribution in [2.24, 2.45) is 0 Å². The summed E-state index contributed by atoms with van der Waals surface area (Å²) in [5, 5.41) is 3.27. The molecule has 0 fully saturated rings. The van der Waals surface area contributed by atoms with E-state index in [1.807, 2.05) is 62.4 Å². The summed E-state index contributed by atoms with van der Waals surface area (Å²) >= 11 is 0. The molecule has 0 aliphatic rings. The molecule has 0 aromatic heterocycles. The zero-order valence-electron chi connectivity index (χ0n) is 10.7. The second-order valence-electron chi connectivity index (χ2n) is 4.40.